The molecule has 144 valence electrons. The molecule has 0 bridgehead atoms. The molecule has 1 saturated heterocycles. The molecular weight excluding hydrogens is 360 g/mol. The first-order valence-electron chi connectivity index (χ1n) is 9.38. The van der Waals surface area contributed by atoms with Gasteiger partial charge in [-0.1, -0.05) is 0 Å². The van der Waals surface area contributed by atoms with E-state index in [1.807, 2.05) is 24.4 Å². The summed E-state index contributed by atoms with van der Waals surface area (Å²) in [6, 6.07) is 5.76. The SMILES string of the molecule is O=C(O)N1CCN(c2ccn3ncc(-c4cccnc4OC4CC4)c3n2)CC1. The molecular formula is C19H20N6O3. The van der Waals surface area contributed by atoms with Gasteiger partial charge in [-0.05, 0) is 31.0 Å². The fraction of sp³-hybridized carbons (Fsp3) is 0.368. The number of nitrogens with zero attached hydrogens (tertiary/aromatic N) is 6. The molecule has 3 aromatic heterocycles. The highest BCUT2D eigenvalue weighted by atomic mass is 16.5. The Hall–Kier alpha value is -3.36. The Balaban J connectivity index is 1.47. The van der Waals surface area contributed by atoms with Gasteiger partial charge < -0.3 is 19.6 Å². The maximum absolute atomic E-state index is 11.1. The van der Waals surface area contributed by atoms with E-state index in [-0.39, 0.29) is 6.10 Å². The smallest absolute Gasteiger partial charge is 0.407 e. The van der Waals surface area contributed by atoms with Crippen LogP contribution in [0.1, 0.15) is 12.8 Å². The predicted molar refractivity (Wildman–Crippen MR) is 102 cm³/mol. The minimum Gasteiger partial charge on any atom is -0.474 e. The van der Waals surface area contributed by atoms with Crippen LogP contribution in [0.25, 0.3) is 16.8 Å². The zero-order valence-electron chi connectivity index (χ0n) is 15.2. The summed E-state index contributed by atoms with van der Waals surface area (Å²) < 4.78 is 7.70. The van der Waals surface area contributed by atoms with Gasteiger partial charge in [-0.25, -0.2) is 19.3 Å². The standard InChI is InChI=1S/C19H20N6O3/c26-19(27)24-10-8-23(9-11-24)16-5-7-25-17(22-16)15(12-21-25)14-2-1-6-20-18(14)28-13-3-4-13/h1-2,5-7,12-13H,3-4,8-11H2,(H,26,27). The van der Waals surface area contributed by atoms with Crippen molar-refractivity contribution in [3.05, 3.63) is 36.8 Å². The molecule has 1 saturated carbocycles. The Morgan fingerprint density at radius 3 is 2.71 bits per heavy atom. The lowest BCUT2D eigenvalue weighted by atomic mass is 10.1. The van der Waals surface area contributed by atoms with Gasteiger partial charge in [0.25, 0.3) is 0 Å². The van der Waals surface area contributed by atoms with Crippen molar-refractivity contribution in [3.63, 3.8) is 0 Å². The molecule has 1 aliphatic carbocycles. The zero-order valence-corrected chi connectivity index (χ0v) is 15.2. The van der Waals surface area contributed by atoms with Crippen LogP contribution >= 0.6 is 0 Å². The molecule has 1 amide bonds. The van der Waals surface area contributed by atoms with Gasteiger partial charge in [0.05, 0.1) is 11.8 Å². The van der Waals surface area contributed by atoms with Gasteiger partial charge >= 0.3 is 6.09 Å². The van der Waals surface area contributed by atoms with Crippen LogP contribution in [0.2, 0.25) is 0 Å². The van der Waals surface area contributed by atoms with E-state index >= 15 is 0 Å². The monoisotopic (exact) mass is 380 g/mol. The van der Waals surface area contributed by atoms with Crippen molar-refractivity contribution in [2.45, 2.75) is 18.9 Å². The van der Waals surface area contributed by atoms with E-state index in [9.17, 15) is 4.79 Å². The highest BCUT2D eigenvalue weighted by Gasteiger charge is 2.26. The fourth-order valence-electron chi connectivity index (χ4n) is 3.39. The second-order valence-electron chi connectivity index (χ2n) is 7.04. The van der Waals surface area contributed by atoms with Crippen LogP contribution in [-0.2, 0) is 0 Å². The van der Waals surface area contributed by atoms with Crippen LogP contribution < -0.4 is 9.64 Å². The van der Waals surface area contributed by atoms with Crippen molar-refractivity contribution in [2.24, 2.45) is 0 Å². The van der Waals surface area contributed by atoms with Crippen LogP contribution in [0.3, 0.4) is 0 Å². The summed E-state index contributed by atoms with van der Waals surface area (Å²) in [5.41, 5.74) is 2.48. The first-order valence-corrected chi connectivity index (χ1v) is 9.38. The molecule has 0 aromatic carbocycles. The second kappa shape index (κ2) is 6.66. The summed E-state index contributed by atoms with van der Waals surface area (Å²) in [5.74, 6) is 1.43. The molecule has 1 aliphatic heterocycles. The number of hydrogen-bond acceptors (Lipinski definition) is 6. The van der Waals surface area contributed by atoms with Crippen molar-refractivity contribution in [3.8, 4) is 17.0 Å². The fourth-order valence-corrected chi connectivity index (χ4v) is 3.39. The van der Waals surface area contributed by atoms with E-state index in [0.29, 0.717) is 32.1 Å². The van der Waals surface area contributed by atoms with E-state index in [2.05, 4.69) is 15.0 Å². The van der Waals surface area contributed by atoms with Crippen LogP contribution in [0.15, 0.2) is 36.8 Å². The van der Waals surface area contributed by atoms with Crippen LogP contribution in [-0.4, -0.2) is 68.0 Å². The number of aromatic nitrogens is 4. The lowest BCUT2D eigenvalue weighted by molar-refractivity contribution is 0.142. The number of fused-ring (bicyclic) bond motifs is 1. The number of amides is 1. The number of pyridine rings is 1. The second-order valence-corrected chi connectivity index (χ2v) is 7.04. The summed E-state index contributed by atoms with van der Waals surface area (Å²) in [4.78, 5) is 23.9. The van der Waals surface area contributed by atoms with Crippen LogP contribution in [0.5, 0.6) is 5.88 Å². The Kier molecular flexibility index (Phi) is 4.00. The summed E-state index contributed by atoms with van der Waals surface area (Å²) in [5, 5.41) is 13.5. The normalized spacial score (nSPS) is 17.1. The minimum absolute atomic E-state index is 0.254. The van der Waals surface area contributed by atoms with E-state index in [1.54, 1.807) is 16.9 Å². The molecule has 3 aromatic rings. The average Bonchev–Trinajstić information content (AvgIpc) is 3.44. The maximum atomic E-state index is 11.1. The summed E-state index contributed by atoms with van der Waals surface area (Å²) >= 11 is 0. The molecule has 2 aliphatic rings. The highest BCUT2D eigenvalue weighted by molar-refractivity contribution is 5.80. The average molecular weight is 380 g/mol. The highest BCUT2D eigenvalue weighted by Crippen LogP contribution is 2.34. The maximum Gasteiger partial charge on any atom is 0.407 e. The molecule has 0 unspecified atom stereocenters. The van der Waals surface area contributed by atoms with Gasteiger partial charge in [0.2, 0.25) is 5.88 Å². The van der Waals surface area contributed by atoms with Crippen molar-refractivity contribution >= 4 is 17.6 Å². The molecule has 5 rings (SSSR count). The molecule has 28 heavy (non-hydrogen) atoms. The minimum atomic E-state index is -0.874. The molecule has 9 nitrogen and oxygen atoms in total. The summed E-state index contributed by atoms with van der Waals surface area (Å²) in [6.45, 7) is 2.16. The van der Waals surface area contributed by atoms with Crippen molar-refractivity contribution in [1.82, 2.24) is 24.5 Å². The predicted octanol–water partition coefficient (Wildman–Crippen LogP) is 2.13. The topological polar surface area (TPSA) is 96.1 Å². The van der Waals surface area contributed by atoms with Gasteiger partial charge in [-0.15, -0.1) is 0 Å². The van der Waals surface area contributed by atoms with Crippen molar-refractivity contribution in [2.75, 3.05) is 31.1 Å². The molecule has 1 N–H and O–H groups in total. The number of carboxylic acid groups (broad SMARTS) is 1. The number of ether oxygens (including phenoxy) is 1. The molecule has 9 heteroatoms. The Morgan fingerprint density at radius 2 is 1.96 bits per heavy atom. The number of anilines is 1. The number of rotatable bonds is 4. The molecule has 0 radical (unpaired) electrons. The number of piperazine rings is 1. The Labute approximate surface area is 161 Å². The lowest BCUT2D eigenvalue weighted by Gasteiger charge is -2.33. The third-order valence-corrected chi connectivity index (χ3v) is 5.09. The Bertz CT molecular complexity index is 1020. The van der Waals surface area contributed by atoms with Gasteiger partial charge in [0.15, 0.2) is 5.65 Å². The quantitative estimate of drug-likeness (QED) is 0.741. The van der Waals surface area contributed by atoms with Crippen LogP contribution in [0, 0.1) is 0 Å². The van der Waals surface area contributed by atoms with E-state index < -0.39 is 6.09 Å². The lowest BCUT2D eigenvalue weighted by Crippen LogP contribution is -2.48. The van der Waals surface area contributed by atoms with Gasteiger partial charge in [-0.3, -0.25) is 0 Å². The molecule has 0 atom stereocenters. The first kappa shape index (κ1) is 16.8. The van der Waals surface area contributed by atoms with Gasteiger partial charge in [0, 0.05) is 44.1 Å². The molecule has 4 heterocycles. The largest absolute Gasteiger partial charge is 0.474 e. The third kappa shape index (κ3) is 3.08. The Morgan fingerprint density at radius 1 is 1.14 bits per heavy atom. The van der Waals surface area contributed by atoms with Crippen molar-refractivity contribution in [1.29, 1.82) is 0 Å². The van der Waals surface area contributed by atoms with Gasteiger partial charge in [-0.2, -0.15) is 5.10 Å². The first-order chi connectivity index (χ1) is 13.7. The number of carbonyl (C=O) groups is 1. The van der Waals surface area contributed by atoms with E-state index in [1.165, 1.54) is 4.90 Å². The zero-order chi connectivity index (χ0) is 19.1. The summed E-state index contributed by atoms with van der Waals surface area (Å²) in [7, 11) is 0. The van der Waals surface area contributed by atoms with E-state index in [4.69, 9.17) is 14.8 Å². The van der Waals surface area contributed by atoms with Crippen molar-refractivity contribution < 1.29 is 14.6 Å². The van der Waals surface area contributed by atoms with Crippen LogP contribution in [0.4, 0.5) is 10.6 Å². The van der Waals surface area contributed by atoms with Gasteiger partial charge in [0.1, 0.15) is 11.9 Å². The molecule has 2 fully saturated rings. The third-order valence-electron chi connectivity index (χ3n) is 5.09. The number of hydrogen-bond donors (Lipinski definition) is 1. The van der Waals surface area contributed by atoms with E-state index in [0.717, 1.165) is 35.4 Å². The molecule has 0 spiro atoms. The summed E-state index contributed by atoms with van der Waals surface area (Å²) in [6.07, 6.45) is 6.90.